The van der Waals surface area contributed by atoms with Crippen LogP contribution in [0.25, 0.3) is 10.6 Å². The molecule has 0 unspecified atom stereocenters. The lowest BCUT2D eigenvalue weighted by atomic mass is 9.97. The summed E-state index contributed by atoms with van der Waals surface area (Å²) in [4.78, 5) is 0. The van der Waals surface area contributed by atoms with Gasteiger partial charge in [0.25, 0.3) is 0 Å². The molecule has 0 saturated carbocycles. The molecule has 0 fully saturated rings. The Labute approximate surface area is 124 Å². The van der Waals surface area contributed by atoms with Gasteiger partial charge in [-0.05, 0) is 38.5 Å². The molecule has 1 heterocycles. The smallest absolute Gasteiger partial charge is 0.133 e. The third-order valence-electron chi connectivity index (χ3n) is 3.11. The van der Waals surface area contributed by atoms with E-state index < -0.39 is 5.60 Å². The molecule has 0 bridgehead atoms. The Morgan fingerprint density at radius 2 is 2.15 bits per heavy atom. The number of nitrogens with zero attached hydrogens (tertiary/aromatic N) is 1. The Bertz CT molecular complexity index is 651. The number of halogens is 1. The zero-order chi connectivity index (χ0) is 14.9. The van der Waals surface area contributed by atoms with Crippen molar-refractivity contribution in [3.05, 3.63) is 35.4 Å². The molecule has 4 heteroatoms. The van der Waals surface area contributed by atoms with Crippen molar-refractivity contribution in [3.8, 4) is 17.6 Å². The van der Waals surface area contributed by atoms with Gasteiger partial charge in [0.05, 0.1) is 18.2 Å². The highest BCUT2D eigenvalue weighted by molar-refractivity contribution is 6.49. The van der Waals surface area contributed by atoms with E-state index in [1.807, 2.05) is 45.0 Å². The van der Waals surface area contributed by atoms with Crippen LogP contribution in [0.5, 0.6) is 11.5 Å². The van der Waals surface area contributed by atoms with Crippen molar-refractivity contribution >= 4 is 22.2 Å². The first-order valence-corrected chi connectivity index (χ1v) is 6.62. The van der Waals surface area contributed by atoms with E-state index in [4.69, 9.17) is 26.3 Å². The second kappa shape index (κ2) is 5.22. The minimum atomic E-state index is -0.450. The molecule has 104 valence electrons. The summed E-state index contributed by atoms with van der Waals surface area (Å²) < 4.78 is 11.3. The molecular weight excluding hydrogens is 274 g/mol. The molecule has 20 heavy (non-hydrogen) atoms. The van der Waals surface area contributed by atoms with Gasteiger partial charge in [0.1, 0.15) is 17.1 Å². The van der Waals surface area contributed by atoms with E-state index in [2.05, 4.69) is 0 Å². The molecule has 0 saturated heterocycles. The zero-order valence-electron chi connectivity index (χ0n) is 12.0. The number of ether oxygens (including phenoxy) is 2. The number of fused-ring (bicyclic) bond motifs is 1. The minimum Gasteiger partial charge on any atom is -0.496 e. The lowest BCUT2D eigenvalue weighted by Crippen LogP contribution is -2.28. The van der Waals surface area contributed by atoms with Crippen LogP contribution in [-0.2, 0) is 0 Å². The molecule has 0 aromatic heterocycles. The van der Waals surface area contributed by atoms with Crippen LogP contribution in [0.15, 0.2) is 24.3 Å². The predicted octanol–water partition coefficient (Wildman–Crippen LogP) is 4.37. The van der Waals surface area contributed by atoms with E-state index >= 15 is 0 Å². The number of rotatable bonds is 2. The normalized spacial score (nSPS) is 16.6. The van der Waals surface area contributed by atoms with E-state index in [1.165, 1.54) is 6.08 Å². The lowest BCUT2D eigenvalue weighted by Gasteiger charge is -2.30. The molecule has 1 aliphatic heterocycles. The van der Waals surface area contributed by atoms with Crippen molar-refractivity contribution in [1.29, 1.82) is 5.26 Å². The molecule has 0 atom stereocenters. The first-order valence-electron chi connectivity index (χ1n) is 6.24. The maximum atomic E-state index is 8.79. The molecule has 0 spiro atoms. The maximum Gasteiger partial charge on any atom is 0.133 e. The summed E-state index contributed by atoms with van der Waals surface area (Å²) in [5.74, 6) is 1.35. The average Bonchev–Trinajstić information content (AvgIpc) is 2.36. The van der Waals surface area contributed by atoms with Gasteiger partial charge < -0.3 is 9.47 Å². The van der Waals surface area contributed by atoms with Gasteiger partial charge >= 0.3 is 0 Å². The first-order chi connectivity index (χ1) is 9.38. The largest absolute Gasteiger partial charge is 0.496 e. The molecule has 0 radical (unpaired) electrons. The van der Waals surface area contributed by atoms with Gasteiger partial charge in [-0.1, -0.05) is 11.6 Å². The van der Waals surface area contributed by atoms with E-state index in [1.54, 1.807) is 7.11 Å². The summed E-state index contributed by atoms with van der Waals surface area (Å²) in [6, 6.07) is 5.74. The van der Waals surface area contributed by atoms with E-state index in [0.717, 1.165) is 16.7 Å². The van der Waals surface area contributed by atoms with Crippen molar-refractivity contribution in [3.63, 3.8) is 0 Å². The second-order valence-corrected chi connectivity index (χ2v) is 5.61. The number of methoxy groups -OCH3 is 1. The van der Waals surface area contributed by atoms with Crippen LogP contribution < -0.4 is 9.47 Å². The molecule has 0 amide bonds. The second-order valence-electron chi connectivity index (χ2n) is 5.20. The fourth-order valence-electron chi connectivity index (χ4n) is 2.18. The van der Waals surface area contributed by atoms with Crippen LogP contribution in [0.1, 0.15) is 31.9 Å². The van der Waals surface area contributed by atoms with Gasteiger partial charge in [-0.25, -0.2) is 0 Å². The summed E-state index contributed by atoms with van der Waals surface area (Å²) in [5.41, 5.74) is 2.02. The summed E-state index contributed by atoms with van der Waals surface area (Å²) >= 11 is 6.34. The molecule has 1 aromatic rings. The highest BCUT2D eigenvalue weighted by Gasteiger charge is 2.27. The van der Waals surface area contributed by atoms with Crippen molar-refractivity contribution in [2.75, 3.05) is 7.11 Å². The number of allylic oxidation sites excluding steroid dienone is 2. The molecule has 3 nitrogen and oxygen atoms in total. The van der Waals surface area contributed by atoms with Crippen molar-refractivity contribution in [2.45, 2.75) is 26.4 Å². The highest BCUT2D eigenvalue weighted by Crippen LogP contribution is 2.42. The summed E-state index contributed by atoms with van der Waals surface area (Å²) in [6.45, 7) is 5.75. The Morgan fingerprint density at radius 3 is 2.75 bits per heavy atom. The third kappa shape index (κ3) is 2.66. The number of benzene rings is 1. The molecule has 1 aromatic carbocycles. The highest BCUT2D eigenvalue weighted by atomic mass is 35.5. The molecular formula is C16H16ClNO2. The molecule has 2 rings (SSSR count). The standard InChI is InChI=1S/C16H16ClNO2/c1-10(5-6-18)11-7-12-13(17)9-16(2,3)20-15(12)8-14(11)19-4/h5,7-9H,1-4H3. The monoisotopic (exact) mass is 289 g/mol. The van der Waals surface area contributed by atoms with Crippen molar-refractivity contribution < 1.29 is 9.47 Å². The van der Waals surface area contributed by atoms with Crippen LogP contribution >= 0.6 is 11.6 Å². The lowest BCUT2D eigenvalue weighted by molar-refractivity contribution is 0.158. The fourth-order valence-corrected chi connectivity index (χ4v) is 2.59. The Hall–Kier alpha value is -1.92. The zero-order valence-corrected chi connectivity index (χ0v) is 12.7. The molecule has 1 aliphatic rings. The Morgan fingerprint density at radius 1 is 1.45 bits per heavy atom. The van der Waals surface area contributed by atoms with Gasteiger partial charge in [0.15, 0.2) is 0 Å². The predicted molar refractivity (Wildman–Crippen MR) is 80.8 cm³/mol. The topological polar surface area (TPSA) is 42.2 Å². The first kappa shape index (κ1) is 14.5. The van der Waals surface area contributed by atoms with Crippen LogP contribution in [-0.4, -0.2) is 12.7 Å². The summed E-state index contributed by atoms with van der Waals surface area (Å²) in [5, 5.41) is 9.43. The summed E-state index contributed by atoms with van der Waals surface area (Å²) in [7, 11) is 1.59. The minimum absolute atomic E-state index is 0.450. The Balaban J connectivity index is 2.64. The van der Waals surface area contributed by atoms with E-state index in [0.29, 0.717) is 16.5 Å². The average molecular weight is 290 g/mol. The van der Waals surface area contributed by atoms with Gasteiger partial charge in [-0.3, -0.25) is 0 Å². The van der Waals surface area contributed by atoms with Gasteiger partial charge in [-0.15, -0.1) is 0 Å². The molecule has 0 N–H and O–H groups in total. The van der Waals surface area contributed by atoms with E-state index in [-0.39, 0.29) is 0 Å². The number of nitriles is 1. The Kier molecular flexibility index (Phi) is 3.78. The number of hydrogen-bond acceptors (Lipinski definition) is 3. The van der Waals surface area contributed by atoms with Gasteiger partial charge in [0.2, 0.25) is 0 Å². The van der Waals surface area contributed by atoms with Crippen LogP contribution in [0.3, 0.4) is 0 Å². The van der Waals surface area contributed by atoms with E-state index in [9.17, 15) is 0 Å². The van der Waals surface area contributed by atoms with Crippen LogP contribution in [0, 0.1) is 11.3 Å². The maximum absolute atomic E-state index is 8.79. The molecule has 0 aliphatic carbocycles. The van der Waals surface area contributed by atoms with Gasteiger partial charge in [0, 0.05) is 23.3 Å². The van der Waals surface area contributed by atoms with Gasteiger partial charge in [-0.2, -0.15) is 5.26 Å². The fraction of sp³-hybridized carbons (Fsp3) is 0.312. The van der Waals surface area contributed by atoms with Crippen LogP contribution in [0.4, 0.5) is 0 Å². The third-order valence-corrected chi connectivity index (χ3v) is 3.42. The summed E-state index contributed by atoms with van der Waals surface area (Å²) in [6.07, 6.45) is 3.35. The van der Waals surface area contributed by atoms with Crippen LogP contribution in [0.2, 0.25) is 0 Å². The van der Waals surface area contributed by atoms with Crippen molar-refractivity contribution in [2.24, 2.45) is 0 Å². The quantitative estimate of drug-likeness (QED) is 0.759. The SMILES string of the molecule is COc1cc2c(cc1C(C)=CC#N)C(Cl)=CC(C)(C)O2. The number of hydrogen-bond donors (Lipinski definition) is 0. The van der Waals surface area contributed by atoms with Crippen molar-refractivity contribution in [1.82, 2.24) is 0 Å².